The maximum atomic E-state index is 14.2. The molecule has 1 aromatic heterocycles. The number of amides is 1. The summed E-state index contributed by atoms with van der Waals surface area (Å²) in [6.45, 7) is 9.86. The zero-order valence-electron chi connectivity index (χ0n) is 25.9. The predicted octanol–water partition coefficient (Wildman–Crippen LogP) is 4.60. The lowest BCUT2D eigenvalue weighted by atomic mass is 9.86. The molecule has 2 saturated heterocycles. The summed E-state index contributed by atoms with van der Waals surface area (Å²) in [5.41, 5.74) is 2.65. The smallest absolute Gasteiger partial charge is 0.293 e. The minimum absolute atomic E-state index is 0.0532. The van der Waals surface area contributed by atoms with Crippen molar-refractivity contribution in [2.45, 2.75) is 39.3 Å². The largest absolute Gasteiger partial charge is 0.466 e. The Kier molecular flexibility index (Phi) is 9.63. The van der Waals surface area contributed by atoms with Gasteiger partial charge in [-0.05, 0) is 69.1 Å². The number of anilines is 2. The Morgan fingerprint density at radius 3 is 2.61 bits per heavy atom. The molecule has 44 heavy (non-hydrogen) atoms. The number of hydrogen-bond donors (Lipinski definition) is 0. The van der Waals surface area contributed by atoms with Crippen LogP contribution in [0, 0.1) is 11.2 Å². The number of hydrogen-bond acceptors (Lipinski definition) is 9. The fourth-order valence-electron chi connectivity index (χ4n) is 6.01. The van der Waals surface area contributed by atoms with Crippen molar-refractivity contribution in [2.75, 3.05) is 63.2 Å². The minimum atomic E-state index is -0.501. The predicted molar refractivity (Wildman–Crippen MR) is 167 cm³/mol. The van der Waals surface area contributed by atoms with Gasteiger partial charge in [0.15, 0.2) is 11.6 Å². The molecule has 3 aromatic rings. The third kappa shape index (κ3) is 7.10. The van der Waals surface area contributed by atoms with Gasteiger partial charge in [-0.3, -0.25) is 14.5 Å². The summed E-state index contributed by atoms with van der Waals surface area (Å²) < 4.78 is 25.3. The first-order chi connectivity index (χ1) is 21.2. The molecule has 0 bridgehead atoms. The molecule has 2 aliphatic heterocycles. The number of halogens is 1. The average Bonchev–Trinajstić information content (AvgIpc) is 3.63. The first-order valence-corrected chi connectivity index (χ1v) is 15.1. The van der Waals surface area contributed by atoms with Gasteiger partial charge in [-0.25, -0.2) is 14.4 Å². The summed E-state index contributed by atoms with van der Waals surface area (Å²) in [6, 6.07) is 12.5. The van der Waals surface area contributed by atoms with Gasteiger partial charge in [0.25, 0.3) is 12.4 Å². The van der Waals surface area contributed by atoms with Crippen LogP contribution in [0.1, 0.15) is 42.6 Å². The highest BCUT2D eigenvalue weighted by molar-refractivity contribution is 5.97. The lowest BCUT2D eigenvalue weighted by Gasteiger charge is -2.26. The number of carbonyl (C=O) groups excluding carboxylic acids is 2. The molecule has 1 unspecified atom stereocenters. The summed E-state index contributed by atoms with van der Waals surface area (Å²) in [5, 5.41) is 0. The van der Waals surface area contributed by atoms with Crippen LogP contribution >= 0.6 is 0 Å². The molecule has 1 amide bonds. The summed E-state index contributed by atoms with van der Waals surface area (Å²) in [5.74, 6) is 0.569. The highest BCUT2D eigenvalue weighted by Gasteiger charge is 2.44. The van der Waals surface area contributed by atoms with Crippen LogP contribution in [0.3, 0.4) is 0 Å². The van der Waals surface area contributed by atoms with Gasteiger partial charge in [0.1, 0.15) is 24.5 Å². The van der Waals surface area contributed by atoms with Crippen LogP contribution in [0.15, 0.2) is 55.0 Å². The molecule has 1 atom stereocenters. The molecule has 0 saturated carbocycles. The fraction of sp³-hybridized carbons (Fsp3) is 0.455. The van der Waals surface area contributed by atoms with E-state index in [9.17, 15) is 14.0 Å². The number of carbonyl (C=O) groups is 2. The van der Waals surface area contributed by atoms with Gasteiger partial charge in [-0.2, -0.15) is 0 Å². The number of benzene rings is 2. The van der Waals surface area contributed by atoms with Crippen LogP contribution in [0.4, 0.5) is 15.9 Å². The van der Waals surface area contributed by atoms with E-state index in [4.69, 9.17) is 9.47 Å². The topological polar surface area (TPSA) is 91.3 Å². The number of nitrogens with zero attached hydrogens (tertiary/aromatic N) is 6. The monoisotopic (exact) mass is 604 g/mol. The van der Waals surface area contributed by atoms with E-state index in [0.29, 0.717) is 31.2 Å². The maximum Gasteiger partial charge on any atom is 0.293 e. The Morgan fingerprint density at radius 2 is 1.86 bits per heavy atom. The fourth-order valence-corrected chi connectivity index (χ4v) is 6.01. The van der Waals surface area contributed by atoms with Crippen molar-refractivity contribution in [1.29, 1.82) is 0 Å². The van der Waals surface area contributed by atoms with Crippen molar-refractivity contribution in [2.24, 2.45) is 5.41 Å². The molecule has 1 spiro atoms. The van der Waals surface area contributed by atoms with Crippen molar-refractivity contribution in [1.82, 2.24) is 19.8 Å². The number of likely N-dealkylation sites (N-methyl/N-ethyl adjacent to an activating group) is 1. The van der Waals surface area contributed by atoms with Gasteiger partial charge >= 0.3 is 0 Å². The average molecular weight is 605 g/mol. The molecular formula is C33H41FN6O4. The van der Waals surface area contributed by atoms with Gasteiger partial charge in [0, 0.05) is 57.4 Å². The van der Waals surface area contributed by atoms with Crippen LogP contribution < -0.4 is 14.5 Å². The van der Waals surface area contributed by atoms with Gasteiger partial charge < -0.3 is 24.2 Å². The summed E-state index contributed by atoms with van der Waals surface area (Å²) >= 11 is 0. The maximum absolute atomic E-state index is 14.2. The van der Waals surface area contributed by atoms with E-state index in [1.165, 1.54) is 30.1 Å². The third-order valence-corrected chi connectivity index (χ3v) is 8.80. The first-order valence-electron chi connectivity index (χ1n) is 15.1. The quantitative estimate of drug-likeness (QED) is 0.217. The third-order valence-electron chi connectivity index (χ3n) is 8.80. The first kappa shape index (κ1) is 31.2. The Bertz CT molecular complexity index is 1450. The molecule has 0 N–H and O–H groups in total. The van der Waals surface area contributed by atoms with Crippen molar-refractivity contribution in [3.05, 3.63) is 71.9 Å². The zero-order chi connectivity index (χ0) is 31.3. The van der Waals surface area contributed by atoms with E-state index >= 15 is 0 Å². The van der Waals surface area contributed by atoms with E-state index in [1.807, 2.05) is 20.9 Å². The van der Waals surface area contributed by atoms with Crippen molar-refractivity contribution < 1.29 is 23.5 Å². The van der Waals surface area contributed by atoms with Crippen LogP contribution in [0.25, 0.3) is 0 Å². The van der Waals surface area contributed by atoms with E-state index in [1.54, 1.807) is 18.1 Å². The molecule has 2 fully saturated rings. The molecule has 5 rings (SSSR count). The lowest BCUT2D eigenvalue weighted by molar-refractivity contribution is -0.128. The second-order valence-corrected chi connectivity index (χ2v) is 12.2. The van der Waals surface area contributed by atoms with Crippen LogP contribution in [0.2, 0.25) is 0 Å². The molecule has 10 nitrogen and oxygen atoms in total. The van der Waals surface area contributed by atoms with Crippen molar-refractivity contribution in [3.63, 3.8) is 0 Å². The van der Waals surface area contributed by atoms with Crippen LogP contribution in [-0.2, 0) is 16.1 Å². The molecule has 2 aromatic carbocycles. The SMILES string of the molecule is CC(C)N(C)C(=O)c1cc(F)ccc1Oc1cncnc1N1CCC2(CCN(Cc3ccc(N(C)CCOC=O)cc3)C2)C1. The number of ether oxygens (including phenoxy) is 2. The second kappa shape index (κ2) is 13.6. The van der Waals surface area contributed by atoms with E-state index in [-0.39, 0.29) is 28.7 Å². The van der Waals surface area contributed by atoms with Crippen molar-refractivity contribution >= 4 is 23.9 Å². The highest BCUT2D eigenvalue weighted by atomic mass is 19.1. The summed E-state index contributed by atoms with van der Waals surface area (Å²) in [4.78, 5) is 40.7. The van der Waals surface area contributed by atoms with E-state index < -0.39 is 5.82 Å². The van der Waals surface area contributed by atoms with Crippen LogP contribution in [-0.4, -0.2) is 91.6 Å². The lowest BCUT2D eigenvalue weighted by Crippen LogP contribution is -2.33. The zero-order valence-corrected chi connectivity index (χ0v) is 25.9. The minimum Gasteiger partial charge on any atom is -0.466 e. The molecule has 3 heterocycles. The van der Waals surface area contributed by atoms with Gasteiger partial charge in [0.05, 0.1) is 18.3 Å². The normalized spacial score (nSPS) is 18.2. The van der Waals surface area contributed by atoms with Gasteiger partial charge in [0.2, 0.25) is 0 Å². The van der Waals surface area contributed by atoms with E-state index in [0.717, 1.165) is 51.3 Å². The van der Waals surface area contributed by atoms with Crippen LogP contribution in [0.5, 0.6) is 11.5 Å². The molecule has 11 heteroatoms. The summed E-state index contributed by atoms with van der Waals surface area (Å²) in [6.07, 6.45) is 5.25. The Balaban J connectivity index is 1.23. The molecule has 2 aliphatic rings. The highest BCUT2D eigenvalue weighted by Crippen LogP contribution is 2.43. The van der Waals surface area contributed by atoms with Crippen molar-refractivity contribution in [3.8, 4) is 11.5 Å². The Labute approximate surface area is 258 Å². The van der Waals surface area contributed by atoms with E-state index in [2.05, 4.69) is 48.9 Å². The number of likely N-dealkylation sites (tertiary alicyclic amines) is 1. The molecule has 0 aliphatic carbocycles. The standard InChI is InChI=1S/C33H41FN6O4/c1-24(2)38(4)32(42)28-17-26(34)7-10-29(28)44-30-18-35-22-36-31(30)40-14-12-33(21-40)11-13-39(20-33)19-25-5-8-27(9-6-25)37(3)15-16-43-23-41/h5-10,17-18,22-24H,11-16,19-21H2,1-4H3. The second-order valence-electron chi connectivity index (χ2n) is 12.2. The Morgan fingerprint density at radius 1 is 1.09 bits per heavy atom. The van der Waals surface area contributed by atoms with Gasteiger partial charge in [-0.1, -0.05) is 12.1 Å². The molecule has 0 radical (unpaired) electrons. The summed E-state index contributed by atoms with van der Waals surface area (Å²) in [7, 11) is 3.67. The van der Waals surface area contributed by atoms with Gasteiger partial charge in [-0.15, -0.1) is 0 Å². The molecular weight excluding hydrogens is 563 g/mol. The molecule has 234 valence electrons. The Hall–Kier alpha value is -4.25. The number of aromatic nitrogens is 2. The number of rotatable bonds is 12.